The third kappa shape index (κ3) is 8.91. The Balaban J connectivity index is 1.37. The number of hydrogen-bond acceptors (Lipinski definition) is 7. The molecule has 6 atom stereocenters. The summed E-state index contributed by atoms with van der Waals surface area (Å²) in [6.45, 7) is 7.54. The first-order valence-corrected chi connectivity index (χ1v) is 18.5. The van der Waals surface area contributed by atoms with Crippen LogP contribution in [0.5, 0.6) is 0 Å². The van der Waals surface area contributed by atoms with E-state index in [1.807, 2.05) is 27.7 Å². The van der Waals surface area contributed by atoms with Crippen LogP contribution in [0.3, 0.4) is 0 Å². The highest BCUT2D eigenvalue weighted by atomic mass is 16.3. The highest BCUT2D eigenvalue weighted by Crippen LogP contribution is 2.41. The van der Waals surface area contributed by atoms with E-state index in [0.29, 0.717) is 24.8 Å². The van der Waals surface area contributed by atoms with E-state index in [2.05, 4.69) is 21.3 Å². The van der Waals surface area contributed by atoms with Crippen molar-refractivity contribution >= 4 is 35.3 Å². The van der Waals surface area contributed by atoms with E-state index in [1.54, 1.807) is 11.0 Å². The molecule has 0 aromatic carbocycles. The quantitative estimate of drug-likeness (QED) is 0.230. The molecular weight excluding hydrogens is 626 g/mol. The molecular formula is C37H55N5O7. The second-order valence-electron chi connectivity index (χ2n) is 15.7. The second kappa shape index (κ2) is 15.9. The molecule has 270 valence electrons. The summed E-state index contributed by atoms with van der Waals surface area (Å²) >= 11 is 0. The molecule has 12 nitrogen and oxygen atoms in total. The summed E-state index contributed by atoms with van der Waals surface area (Å²) in [7, 11) is 0. The number of nitrogens with one attached hydrogen (secondary N) is 4. The van der Waals surface area contributed by atoms with Crippen molar-refractivity contribution in [3.63, 3.8) is 0 Å². The minimum atomic E-state index is -0.982. The Morgan fingerprint density at radius 3 is 2.22 bits per heavy atom. The molecule has 4 aliphatic rings. The van der Waals surface area contributed by atoms with Crippen molar-refractivity contribution in [2.75, 3.05) is 0 Å². The van der Waals surface area contributed by atoms with Crippen molar-refractivity contribution in [1.82, 2.24) is 26.2 Å². The van der Waals surface area contributed by atoms with Gasteiger partial charge >= 0.3 is 0 Å². The van der Waals surface area contributed by atoms with Crippen LogP contribution in [0.1, 0.15) is 128 Å². The first-order valence-electron chi connectivity index (χ1n) is 18.5. The topological polar surface area (TPSA) is 167 Å². The predicted octanol–water partition coefficient (Wildman–Crippen LogP) is 3.78. The molecule has 0 bridgehead atoms. The summed E-state index contributed by atoms with van der Waals surface area (Å²) in [5.41, 5.74) is -0.412. The van der Waals surface area contributed by atoms with Crippen LogP contribution in [0.25, 0.3) is 0 Å². The van der Waals surface area contributed by atoms with Crippen molar-refractivity contribution in [1.29, 1.82) is 0 Å². The van der Waals surface area contributed by atoms with E-state index in [4.69, 9.17) is 4.42 Å². The third-order valence-electron chi connectivity index (χ3n) is 10.9. The molecule has 1 saturated heterocycles. The SMILES string of the molecule is CCC[C@H](NC(=O)[C@@H]1C[C@@H]2CCCC[C@@H]2N1C(=O)[C@@H](NC(=O)C(NC(=O)c1ccoc1)C1CCCCC1)C(C)(C)C)C(=O)C(=O)NC1CC1. The van der Waals surface area contributed by atoms with E-state index in [-0.39, 0.29) is 29.8 Å². The Morgan fingerprint density at radius 1 is 0.898 bits per heavy atom. The highest BCUT2D eigenvalue weighted by molar-refractivity contribution is 6.38. The summed E-state index contributed by atoms with van der Waals surface area (Å²) in [4.78, 5) is 83.6. The van der Waals surface area contributed by atoms with E-state index in [0.717, 1.165) is 70.6 Å². The number of furan rings is 1. The predicted molar refractivity (Wildman–Crippen MR) is 182 cm³/mol. The summed E-state index contributed by atoms with van der Waals surface area (Å²) < 4.78 is 5.09. The van der Waals surface area contributed by atoms with Crippen molar-refractivity contribution in [3.05, 3.63) is 24.2 Å². The van der Waals surface area contributed by atoms with Gasteiger partial charge in [0.25, 0.3) is 11.8 Å². The number of carbonyl (C=O) groups is 6. The maximum atomic E-state index is 14.8. The Bertz CT molecular complexity index is 1360. The van der Waals surface area contributed by atoms with Crippen LogP contribution in [0.2, 0.25) is 0 Å². The van der Waals surface area contributed by atoms with Gasteiger partial charge in [-0.25, -0.2) is 0 Å². The fourth-order valence-electron chi connectivity index (χ4n) is 7.99. The maximum Gasteiger partial charge on any atom is 0.289 e. The van der Waals surface area contributed by atoms with Crippen LogP contribution in [0.4, 0.5) is 0 Å². The first kappa shape index (κ1) is 36.6. The molecule has 1 unspecified atom stereocenters. The molecule has 1 aromatic heterocycles. The summed E-state index contributed by atoms with van der Waals surface area (Å²) in [5, 5.41) is 11.6. The molecule has 3 saturated carbocycles. The van der Waals surface area contributed by atoms with Crippen molar-refractivity contribution in [3.8, 4) is 0 Å². The normalized spacial score (nSPS) is 24.6. The number of rotatable bonds is 13. The molecule has 4 fully saturated rings. The van der Waals surface area contributed by atoms with E-state index < -0.39 is 59.0 Å². The lowest BCUT2D eigenvalue weighted by atomic mass is 9.81. The van der Waals surface area contributed by atoms with E-state index in [9.17, 15) is 28.8 Å². The molecule has 0 spiro atoms. The van der Waals surface area contributed by atoms with Crippen LogP contribution < -0.4 is 21.3 Å². The number of fused-ring (bicyclic) bond motifs is 1. The number of ketones is 1. The molecule has 2 heterocycles. The van der Waals surface area contributed by atoms with Gasteiger partial charge in [0.2, 0.25) is 23.5 Å². The zero-order valence-electron chi connectivity index (χ0n) is 29.6. The van der Waals surface area contributed by atoms with Gasteiger partial charge in [0.05, 0.1) is 17.9 Å². The average molecular weight is 682 g/mol. The second-order valence-corrected chi connectivity index (χ2v) is 15.7. The van der Waals surface area contributed by atoms with Gasteiger partial charge in [-0.15, -0.1) is 0 Å². The Kier molecular flexibility index (Phi) is 11.9. The Labute approximate surface area is 289 Å². The lowest BCUT2D eigenvalue weighted by Gasteiger charge is -2.40. The molecule has 49 heavy (non-hydrogen) atoms. The van der Waals surface area contributed by atoms with Crippen LogP contribution in [-0.4, -0.2) is 76.5 Å². The van der Waals surface area contributed by atoms with Crippen LogP contribution in [0.15, 0.2) is 23.0 Å². The fraction of sp³-hybridized carbons (Fsp3) is 0.730. The van der Waals surface area contributed by atoms with Gasteiger partial charge in [-0.05, 0) is 74.7 Å². The number of amides is 5. The summed E-state index contributed by atoms with van der Waals surface area (Å²) in [5.74, 6) is -2.94. The first-order chi connectivity index (χ1) is 23.4. The van der Waals surface area contributed by atoms with Gasteiger partial charge in [-0.2, -0.15) is 0 Å². The number of Topliss-reactive ketones (excluding diaryl/α,β-unsaturated/α-hetero) is 1. The van der Waals surface area contributed by atoms with Gasteiger partial charge in [-0.1, -0.05) is 66.2 Å². The average Bonchev–Trinajstić information content (AvgIpc) is 3.55. The van der Waals surface area contributed by atoms with Crippen LogP contribution in [-0.2, 0) is 24.0 Å². The fourth-order valence-corrected chi connectivity index (χ4v) is 7.99. The minimum Gasteiger partial charge on any atom is -0.472 e. The molecule has 4 N–H and O–H groups in total. The van der Waals surface area contributed by atoms with Crippen molar-refractivity contribution < 1.29 is 33.2 Å². The van der Waals surface area contributed by atoms with Crippen molar-refractivity contribution in [2.45, 2.75) is 154 Å². The van der Waals surface area contributed by atoms with Gasteiger partial charge in [0.1, 0.15) is 24.4 Å². The van der Waals surface area contributed by atoms with Crippen molar-refractivity contribution in [2.24, 2.45) is 17.3 Å². The number of likely N-dealkylation sites (tertiary alicyclic amines) is 1. The highest BCUT2D eigenvalue weighted by Gasteiger charge is 2.51. The Hall–Kier alpha value is -3.70. The maximum absolute atomic E-state index is 14.8. The zero-order chi connectivity index (χ0) is 35.3. The Morgan fingerprint density at radius 2 is 1.59 bits per heavy atom. The molecule has 3 aliphatic carbocycles. The summed E-state index contributed by atoms with van der Waals surface area (Å²) in [6, 6.07) is -2.26. The molecule has 12 heteroatoms. The standard InChI is InChI=1S/C37H55N5O7/c1-5-11-26(30(43)35(47)38-25-16-17-25)39-33(45)28-20-23-14-9-10-15-27(23)42(28)36(48)31(37(2,3)4)41-34(46)29(22-12-7-6-8-13-22)40-32(44)24-18-19-49-21-24/h18-19,21-23,25-29,31H,5-17,20H2,1-4H3,(H,38,47)(H,39,45)(H,40,44)(H,41,46)/t23-,26-,27-,28-,29?,31+/m0/s1. The monoisotopic (exact) mass is 681 g/mol. The third-order valence-corrected chi connectivity index (χ3v) is 10.9. The molecule has 1 aliphatic heterocycles. The smallest absolute Gasteiger partial charge is 0.289 e. The lowest BCUT2D eigenvalue weighted by Crippen LogP contribution is -2.63. The minimum absolute atomic E-state index is 0.0155. The zero-order valence-corrected chi connectivity index (χ0v) is 29.6. The van der Waals surface area contributed by atoms with E-state index in [1.165, 1.54) is 12.5 Å². The van der Waals surface area contributed by atoms with E-state index >= 15 is 0 Å². The van der Waals surface area contributed by atoms with Gasteiger partial charge in [0, 0.05) is 12.1 Å². The van der Waals surface area contributed by atoms with Gasteiger partial charge < -0.3 is 30.6 Å². The lowest BCUT2D eigenvalue weighted by molar-refractivity contribution is -0.147. The number of nitrogens with zero attached hydrogens (tertiary/aromatic N) is 1. The number of hydrogen-bond donors (Lipinski definition) is 4. The van der Waals surface area contributed by atoms with Gasteiger partial charge in [0.15, 0.2) is 0 Å². The molecule has 5 amide bonds. The molecule has 5 rings (SSSR count). The molecule has 1 aromatic rings. The summed E-state index contributed by atoms with van der Waals surface area (Å²) in [6.07, 6.45) is 13.9. The van der Waals surface area contributed by atoms with Crippen LogP contribution in [0, 0.1) is 17.3 Å². The number of carbonyl (C=O) groups excluding carboxylic acids is 6. The largest absolute Gasteiger partial charge is 0.472 e. The van der Waals surface area contributed by atoms with Gasteiger partial charge in [-0.3, -0.25) is 28.8 Å². The molecule has 0 radical (unpaired) electrons. The van der Waals surface area contributed by atoms with Crippen LogP contribution >= 0.6 is 0 Å².